The first kappa shape index (κ1) is 15.7. The van der Waals surface area contributed by atoms with Gasteiger partial charge in [0, 0.05) is 44.9 Å². The van der Waals surface area contributed by atoms with Crippen LogP contribution in [-0.2, 0) is 24.3 Å². The summed E-state index contributed by atoms with van der Waals surface area (Å²) < 4.78 is 5.65. The molecule has 0 bridgehead atoms. The lowest BCUT2D eigenvalue weighted by Gasteiger charge is -2.26. The van der Waals surface area contributed by atoms with Crippen LogP contribution in [0.15, 0.2) is 23.0 Å². The Morgan fingerprint density at radius 1 is 1.52 bits per heavy atom. The van der Waals surface area contributed by atoms with E-state index in [1.165, 1.54) is 0 Å². The molecule has 7 heteroatoms. The number of rotatable bonds is 6. The quantitative estimate of drug-likeness (QED) is 0.875. The van der Waals surface area contributed by atoms with Crippen LogP contribution in [0.2, 0.25) is 0 Å². The second-order valence-corrected chi connectivity index (χ2v) is 5.93. The minimum atomic E-state index is 0.0612. The second kappa shape index (κ2) is 6.95. The van der Waals surface area contributed by atoms with Crippen molar-refractivity contribution in [2.24, 2.45) is 0 Å². The molecule has 2 aromatic rings. The molecular formula is C16H23N5O2. The van der Waals surface area contributed by atoms with E-state index in [2.05, 4.69) is 19.9 Å². The summed E-state index contributed by atoms with van der Waals surface area (Å²) in [5, 5.41) is 0. The number of likely N-dealkylation sites (tertiary alicyclic amines) is 1. The highest BCUT2D eigenvalue weighted by molar-refractivity contribution is 5.73. The van der Waals surface area contributed by atoms with Crippen LogP contribution in [0.25, 0.3) is 0 Å². The topological polar surface area (TPSA) is 78.3 Å². The first-order valence-corrected chi connectivity index (χ1v) is 8.07. The Hall–Kier alpha value is -2.15. The molecule has 0 spiro atoms. The number of hydrogen-bond donors (Lipinski definition) is 1. The third-order valence-corrected chi connectivity index (χ3v) is 4.28. The molecule has 1 N–H and O–H groups in total. The monoisotopic (exact) mass is 317 g/mol. The Kier molecular flexibility index (Phi) is 4.76. The predicted molar refractivity (Wildman–Crippen MR) is 84.4 cm³/mol. The Morgan fingerprint density at radius 3 is 3.04 bits per heavy atom. The molecule has 1 fully saturated rings. The highest BCUT2D eigenvalue weighted by Gasteiger charge is 2.30. The fourth-order valence-electron chi connectivity index (χ4n) is 3.03. The van der Waals surface area contributed by atoms with E-state index >= 15 is 0 Å². The predicted octanol–water partition coefficient (Wildman–Crippen LogP) is 1.58. The molecule has 0 radical (unpaired) electrons. The van der Waals surface area contributed by atoms with Crippen LogP contribution in [0, 0.1) is 0 Å². The molecule has 1 atom stereocenters. The number of imidazole rings is 1. The average Bonchev–Trinajstić information content (AvgIpc) is 3.26. The van der Waals surface area contributed by atoms with Crippen molar-refractivity contribution in [3.05, 3.63) is 36.1 Å². The van der Waals surface area contributed by atoms with E-state index in [1.807, 2.05) is 18.0 Å². The van der Waals surface area contributed by atoms with E-state index < -0.39 is 0 Å². The van der Waals surface area contributed by atoms with Gasteiger partial charge in [-0.05, 0) is 6.42 Å². The van der Waals surface area contributed by atoms with Gasteiger partial charge in [0.2, 0.25) is 11.8 Å². The van der Waals surface area contributed by atoms with Crippen LogP contribution >= 0.6 is 0 Å². The third-order valence-electron chi connectivity index (χ3n) is 4.28. The van der Waals surface area contributed by atoms with Crippen LogP contribution in [0.1, 0.15) is 37.7 Å². The summed E-state index contributed by atoms with van der Waals surface area (Å²) in [4.78, 5) is 27.9. The molecule has 2 aromatic heterocycles. The molecular weight excluding hydrogens is 294 g/mol. The van der Waals surface area contributed by atoms with Crippen molar-refractivity contribution in [3.8, 4) is 0 Å². The van der Waals surface area contributed by atoms with E-state index in [0.29, 0.717) is 12.4 Å². The minimum absolute atomic E-state index is 0.0612. The van der Waals surface area contributed by atoms with Crippen molar-refractivity contribution >= 4 is 5.91 Å². The highest BCUT2D eigenvalue weighted by Crippen LogP contribution is 2.20. The number of aromatic nitrogens is 3. The molecule has 3 rings (SSSR count). The number of nitrogens with one attached hydrogen (secondary N) is 1. The lowest BCUT2D eigenvalue weighted by Crippen LogP contribution is -2.40. The van der Waals surface area contributed by atoms with Crippen molar-refractivity contribution in [1.29, 1.82) is 0 Å². The van der Waals surface area contributed by atoms with Crippen molar-refractivity contribution < 1.29 is 9.21 Å². The summed E-state index contributed by atoms with van der Waals surface area (Å²) in [7, 11) is 0. The van der Waals surface area contributed by atoms with Gasteiger partial charge >= 0.3 is 0 Å². The molecule has 0 aromatic carbocycles. The van der Waals surface area contributed by atoms with Gasteiger partial charge in [0.25, 0.3) is 0 Å². The fraction of sp³-hybridized carbons (Fsp3) is 0.562. The molecule has 1 amide bonds. The lowest BCUT2D eigenvalue weighted by atomic mass is 10.2. The van der Waals surface area contributed by atoms with E-state index in [-0.39, 0.29) is 11.9 Å². The summed E-state index contributed by atoms with van der Waals surface area (Å²) in [5.74, 6) is 2.49. The molecule has 0 saturated carbocycles. The van der Waals surface area contributed by atoms with E-state index in [0.717, 1.165) is 44.1 Å². The van der Waals surface area contributed by atoms with Crippen LogP contribution in [0.4, 0.5) is 0 Å². The standard InChI is InChI=1S/C16H23N5O2/c1-3-14-8-19-16(23-14)11-21(12(2)22)13-4-7-20(9-13)10-15-17-5-6-18-15/h5-6,8,13H,3-4,7,9-11H2,1-2H3,(H,17,18)/t13-/m1/s1. The summed E-state index contributed by atoms with van der Waals surface area (Å²) in [6.07, 6.45) is 7.11. The Labute approximate surface area is 135 Å². The highest BCUT2D eigenvalue weighted by atomic mass is 16.4. The van der Waals surface area contributed by atoms with Crippen molar-refractivity contribution in [3.63, 3.8) is 0 Å². The maximum Gasteiger partial charge on any atom is 0.220 e. The van der Waals surface area contributed by atoms with Crippen LogP contribution in [0.3, 0.4) is 0 Å². The molecule has 1 aliphatic rings. The van der Waals surface area contributed by atoms with Gasteiger partial charge in [0.15, 0.2) is 0 Å². The largest absolute Gasteiger partial charge is 0.444 e. The Bertz CT molecular complexity index is 637. The number of aromatic amines is 1. The van der Waals surface area contributed by atoms with Crippen molar-refractivity contribution in [2.75, 3.05) is 13.1 Å². The Morgan fingerprint density at radius 2 is 2.39 bits per heavy atom. The van der Waals surface area contributed by atoms with Crippen LogP contribution < -0.4 is 0 Å². The number of carbonyl (C=O) groups excluding carboxylic acids is 1. The summed E-state index contributed by atoms with van der Waals surface area (Å²) in [6, 6.07) is 0.194. The van der Waals surface area contributed by atoms with Gasteiger partial charge < -0.3 is 14.3 Å². The lowest BCUT2D eigenvalue weighted by molar-refractivity contribution is -0.132. The molecule has 23 heavy (non-hydrogen) atoms. The van der Waals surface area contributed by atoms with Gasteiger partial charge in [-0.2, -0.15) is 0 Å². The van der Waals surface area contributed by atoms with E-state index in [1.54, 1.807) is 19.3 Å². The van der Waals surface area contributed by atoms with Gasteiger partial charge in [0.1, 0.15) is 11.6 Å². The molecule has 3 heterocycles. The normalized spacial score (nSPS) is 18.4. The third kappa shape index (κ3) is 3.79. The number of amides is 1. The van der Waals surface area contributed by atoms with E-state index in [9.17, 15) is 4.79 Å². The summed E-state index contributed by atoms with van der Waals surface area (Å²) >= 11 is 0. The maximum absolute atomic E-state index is 12.1. The van der Waals surface area contributed by atoms with Crippen molar-refractivity contribution in [2.45, 2.75) is 45.8 Å². The Balaban J connectivity index is 1.61. The van der Waals surface area contributed by atoms with Crippen LogP contribution in [0.5, 0.6) is 0 Å². The number of hydrogen-bond acceptors (Lipinski definition) is 5. The maximum atomic E-state index is 12.1. The number of oxazole rings is 1. The zero-order chi connectivity index (χ0) is 16.2. The SMILES string of the molecule is CCc1cnc(CN(C(C)=O)[C@@H]2CCN(Cc3ncc[nH]3)C2)o1. The van der Waals surface area contributed by atoms with Gasteiger partial charge in [0.05, 0.1) is 19.3 Å². The number of aryl methyl sites for hydroxylation is 1. The number of H-pyrrole nitrogens is 1. The van der Waals surface area contributed by atoms with Crippen LogP contribution in [-0.4, -0.2) is 49.8 Å². The summed E-state index contributed by atoms with van der Waals surface area (Å²) in [5.41, 5.74) is 0. The second-order valence-electron chi connectivity index (χ2n) is 5.93. The number of carbonyl (C=O) groups is 1. The van der Waals surface area contributed by atoms with Gasteiger partial charge in [-0.25, -0.2) is 9.97 Å². The molecule has 124 valence electrons. The van der Waals surface area contributed by atoms with Crippen molar-refractivity contribution in [1.82, 2.24) is 24.8 Å². The molecule has 7 nitrogen and oxygen atoms in total. The van der Waals surface area contributed by atoms with E-state index in [4.69, 9.17) is 4.42 Å². The molecule has 0 aliphatic carbocycles. The molecule has 1 saturated heterocycles. The zero-order valence-corrected chi connectivity index (χ0v) is 13.7. The smallest absolute Gasteiger partial charge is 0.220 e. The van der Waals surface area contributed by atoms with Gasteiger partial charge in [-0.3, -0.25) is 9.69 Å². The van der Waals surface area contributed by atoms with Gasteiger partial charge in [-0.15, -0.1) is 0 Å². The zero-order valence-electron chi connectivity index (χ0n) is 13.7. The minimum Gasteiger partial charge on any atom is -0.444 e. The molecule has 0 unspecified atom stereocenters. The molecule has 1 aliphatic heterocycles. The first-order valence-electron chi connectivity index (χ1n) is 8.07. The summed E-state index contributed by atoms with van der Waals surface area (Å²) in [6.45, 7) is 6.67. The van der Waals surface area contributed by atoms with Gasteiger partial charge in [-0.1, -0.05) is 6.92 Å². The first-order chi connectivity index (χ1) is 11.2. The average molecular weight is 317 g/mol. The fourth-order valence-corrected chi connectivity index (χ4v) is 3.03. The number of nitrogens with zero attached hydrogens (tertiary/aromatic N) is 4.